The first-order valence-corrected chi connectivity index (χ1v) is 7.12. The molecule has 0 radical (unpaired) electrons. The van der Waals surface area contributed by atoms with Gasteiger partial charge in [0, 0.05) is 23.7 Å². The third kappa shape index (κ3) is 4.09. The van der Waals surface area contributed by atoms with Crippen LogP contribution in [0.25, 0.3) is 10.9 Å². The largest absolute Gasteiger partial charge is 0.348 e. The van der Waals surface area contributed by atoms with Crippen LogP contribution in [0.15, 0.2) is 30.3 Å². The number of hydrogen-bond donors (Lipinski definition) is 2. The minimum atomic E-state index is -0.0256. The number of amides is 1. The first-order chi connectivity index (χ1) is 9.74. The molecule has 22 heavy (non-hydrogen) atoms. The molecule has 0 saturated carbocycles. The molecule has 1 amide bonds. The molecule has 2 N–H and O–H groups in total. The minimum absolute atomic E-state index is 0. The van der Waals surface area contributed by atoms with Gasteiger partial charge in [-0.15, -0.1) is 24.8 Å². The third-order valence-electron chi connectivity index (χ3n) is 3.74. The number of hydrogen-bond acceptors (Lipinski definition) is 3. The SMILES string of the molecule is Cc1ccc2cccc(C(=O)N[C@H]3CCCNC3)c2n1.Cl.Cl. The van der Waals surface area contributed by atoms with Crippen molar-refractivity contribution in [3.8, 4) is 0 Å². The van der Waals surface area contributed by atoms with Gasteiger partial charge in [0.05, 0.1) is 11.1 Å². The predicted molar refractivity (Wildman–Crippen MR) is 94.3 cm³/mol. The Morgan fingerprint density at radius 3 is 2.82 bits per heavy atom. The third-order valence-corrected chi connectivity index (χ3v) is 3.74. The van der Waals surface area contributed by atoms with Crippen LogP contribution in [0.5, 0.6) is 0 Å². The summed E-state index contributed by atoms with van der Waals surface area (Å²) in [6, 6.07) is 9.94. The number of halogens is 2. The standard InChI is InChI=1S/C16H19N3O.2ClH/c1-11-7-8-12-4-2-6-14(15(12)18-11)16(20)19-13-5-3-9-17-10-13;;/h2,4,6-8,13,17H,3,5,9-10H2,1H3,(H,19,20);2*1H/t13-;;/m0../s1. The van der Waals surface area contributed by atoms with Gasteiger partial charge in [0.2, 0.25) is 0 Å². The monoisotopic (exact) mass is 341 g/mol. The molecule has 0 bridgehead atoms. The average molecular weight is 342 g/mol. The Morgan fingerprint density at radius 1 is 1.27 bits per heavy atom. The summed E-state index contributed by atoms with van der Waals surface area (Å²) in [5, 5.41) is 7.42. The number of rotatable bonds is 2. The lowest BCUT2D eigenvalue weighted by Gasteiger charge is -2.24. The van der Waals surface area contributed by atoms with Gasteiger partial charge in [-0.3, -0.25) is 9.78 Å². The predicted octanol–water partition coefficient (Wildman–Crippen LogP) is 2.87. The quantitative estimate of drug-likeness (QED) is 0.882. The van der Waals surface area contributed by atoms with E-state index in [1.54, 1.807) is 0 Å². The highest BCUT2D eigenvalue weighted by Gasteiger charge is 2.18. The fraction of sp³-hybridized carbons (Fsp3) is 0.375. The van der Waals surface area contributed by atoms with Gasteiger partial charge in [0.15, 0.2) is 0 Å². The maximum absolute atomic E-state index is 12.5. The second-order valence-corrected chi connectivity index (χ2v) is 5.35. The highest BCUT2D eigenvalue weighted by Crippen LogP contribution is 2.17. The van der Waals surface area contributed by atoms with Crippen LogP contribution in [0.1, 0.15) is 28.9 Å². The van der Waals surface area contributed by atoms with Gasteiger partial charge in [0.25, 0.3) is 5.91 Å². The molecule has 1 saturated heterocycles. The van der Waals surface area contributed by atoms with Crippen molar-refractivity contribution in [3.63, 3.8) is 0 Å². The fourth-order valence-corrected chi connectivity index (χ4v) is 2.67. The molecule has 3 rings (SSSR count). The Hall–Kier alpha value is -1.36. The molecule has 0 aliphatic carbocycles. The summed E-state index contributed by atoms with van der Waals surface area (Å²) < 4.78 is 0. The number of benzene rings is 1. The summed E-state index contributed by atoms with van der Waals surface area (Å²) >= 11 is 0. The molecule has 1 aliphatic heterocycles. The number of pyridine rings is 1. The number of carbonyl (C=O) groups excluding carboxylic acids is 1. The van der Waals surface area contributed by atoms with E-state index in [0.29, 0.717) is 5.56 Å². The second kappa shape index (κ2) is 8.32. The molecule has 1 atom stereocenters. The van der Waals surface area contributed by atoms with Crippen LogP contribution in [0.4, 0.5) is 0 Å². The molecule has 2 aromatic rings. The van der Waals surface area contributed by atoms with Crippen LogP contribution in [0.2, 0.25) is 0 Å². The van der Waals surface area contributed by atoms with Gasteiger partial charge in [-0.1, -0.05) is 18.2 Å². The molecule has 1 fully saturated rings. The zero-order valence-electron chi connectivity index (χ0n) is 12.5. The van der Waals surface area contributed by atoms with Crippen molar-refractivity contribution in [3.05, 3.63) is 41.6 Å². The minimum Gasteiger partial charge on any atom is -0.348 e. The first-order valence-electron chi connectivity index (χ1n) is 7.12. The zero-order valence-corrected chi connectivity index (χ0v) is 14.1. The van der Waals surface area contributed by atoms with Crippen molar-refractivity contribution in [1.82, 2.24) is 15.6 Å². The lowest BCUT2D eigenvalue weighted by atomic mass is 10.1. The van der Waals surface area contributed by atoms with E-state index >= 15 is 0 Å². The summed E-state index contributed by atoms with van der Waals surface area (Å²) in [5.74, 6) is -0.0256. The van der Waals surface area contributed by atoms with Crippen LogP contribution in [-0.4, -0.2) is 30.0 Å². The summed E-state index contributed by atoms with van der Waals surface area (Å²) in [6.07, 6.45) is 2.15. The molecular formula is C16H21Cl2N3O. The summed E-state index contributed by atoms with van der Waals surface area (Å²) in [7, 11) is 0. The number of carbonyl (C=O) groups is 1. The molecule has 1 aliphatic rings. The maximum atomic E-state index is 12.5. The molecule has 2 heterocycles. The second-order valence-electron chi connectivity index (χ2n) is 5.35. The number of aryl methyl sites for hydroxylation is 1. The van der Waals surface area contributed by atoms with Gasteiger partial charge < -0.3 is 10.6 Å². The number of fused-ring (bicyclic) bond motifs is 1. The molecule has 120 valence electrons. The highest BCUT2D eigenvalue weighted by molar-refractivity contribution is 6.05. The van der Waals surface area contributed by atoms with Gasteiger partial charge >= 0.3 is 0 Å². The summed E-state index contributed by atoms with van der Waals surface area (Å²) in [6.45, 7) is 3.84. The van der Waals surface area contributed by atoms with Crippen molar-refractivity contribution >= 4 is 41.6 Å². The number of aromatic nitrogens is 1. The van der Waals surface area contributed by atoms with E-state index in [1.807, 2.05) is 37.3 Å². The molecule has 4 nitrogen and oxygen atoms in total. The lowest BCUT2D eigenvalue weighted by molar-refractivity contribution is 0.0932. The number of piperidine rings is 1. The van der Waals surface area contributed by atoms with E-state index in [4.69, 9.17) is 0 Å². The first kappa shape index (κ1) is 18.7. The van der Waals surface area contributed by atoms with E-state index in [0.717, 1.165) is 42.5 Å². The van der Waals surface area contributed by atoms with Crippen molar-refractivity contribution in [2.75, 3.05) is 13.1 Å². The Kier molecular flexibility index (Phi) is 7.07. The Bertz CT molecular complexity index is 642. The fourth-order valence-electron chi connectivity index (χ4n) is 2.67. The number of nitrogens with zero attached hydrogens (tertiary/aromatic N) is 1. The smallest absolute Gasteiger partial charge is 0.253 e. The van der Waals surface area contributed by atoms with E-state index in [1.165, 1.54) is 0 Å². The Morgan fingerprint density at radius 2 is 2.09 bits per heavy atom. The molecule has 0 spiro atoms. The Balaban J connectivity index is 0.00000121. The van der Waals surface area contributed by atoms with Crippen molar-refractivity contribution in [1.29, 1.82) is 0 Å². The topological polar surface area (TPSA) is 54.0 Å². The van der Waals surface area contributed by atoms with E-state index < -0.39 is 0 Å². The van der Waals surface area contributed by atoms with E-state index in [9.17, 15) is 4.79 Å². The van der Waals surface area contributed by atoms with E-state index in [2.05, 4.69) is 15.6 Å². The van der Waals surface area contributed by atoms with Crippen molar-refractivity contribution < 1.29 is 4.79 Å². The van der Waals surface area contributed by atoms with E-state index in [-0.39, 0.29) is 36.8 Å². The maximum Gasteiger partial charge on any atom is 0.253 e. The van der Waals surface area contributed by atoms with Gasteiger partial charge in [-0.2, -0.15) is 0 Å². The van der Waals surface area contributed by atoms with Crippen LogP contribution >= 0.6 is 24.8 Å². The van der Waals surface area contributed by atoms with Gasteiger partial charge in [-0.25, -0.2) is 0 Å². The van der Waals surface area contributed by atoms with Crippen LogP contribution in [0, 0.1) is 6.92 Å². The van der Waals surface area contributed by atoms with Crippen LogP contribution < -0.4 is 10.6 Å². The summed E-state index contributed by atoms with van der Waals surface area (Å²) in [4.78, 5) is 17.0. The molecule has 0 unspecified atom stereocenters. The molecular weight excluding hydrogens is 321 g/mol. The average Bonchev–Trinajstić information content (AvgIpc) is 2.47. The molecule has 6 heteroatoms. The lowest BCUT2D eigenvalue weighted by Crippen LogP contribution is -2.45. The highest BCUT2D eigenvalue weighted by atomic mass is 35.5. The number of para-hydroxylation sites is 1. The molecule has 1 aromatic carbocycles. The van der Waals surface area contributed by atoms with Crippen LogP contribution in [-0.2, 0) is 0 Å². The van der Waals surface area contributed by atoms with Crippen LogP contribution in [0.3, 0.4) is 0 Å². The zero-order chi connectivity index (χ0) is 13.9. The number of nitrogens with one attached hydrogen (secondary N) is 2. The van der Waals surface area contributed by atoms with Gasteiger partial charge in [0.1, 0.15) is 0 Å². The Labute approximate surface area is 142 Å². The molecule has 1 aromatic heterocycles. The van der Waals surface area contributed by atoms with Crippen molar-refractivity contribution in [2.45, 2.75) is 25.8 Å². The normalized spacial score (nSPS) is 17.2. The summed E-state index contributed by atoms with van der Waals surface area (Å²) in [5.41, 5.74) is 2.38. The van der Waals surface area contributed by atoms with Gasteiger partial charge in [-0.05, 0) is 38.4 Å². The van der Waals surface area contributed by atoms with Crippen molar-refractivity contribution in [2.24, 2.45) is 0 Å².